The second kappa shape index (κ2) is 3.57. The Hall–Kier alpha value is -1.10. The summed E-state index contributed by atoms with van der Waals surface area (Å²) in [7, 11) is 0. The lowest BCUT2D eigenvalue weighted by Gasteiger charge is -2.24. The Kier molecular flexibility index (Phi) is 2.80. The van der Waals surface area contributed by atoms with Crippen LogP contribution < -0.4 is 0 Å². The summed E-state index contributed by atoms with van der Waals surface area (Å²) in [6, 6.07) is 0. The van der Waals surface area contributed by atoms with Crippen molar-refractivity contribution in [2.24, 2.45) is 5.92 Å². The monoisotopic (exact) mass is 201 g/mol. The van der Waals surface area contributed by atoms with Gasteiger partial charge in [0.2, 0.25) is 0 Å². The van der Waals surface area contributed by atoms with E-state index < -0.39 is 23.4 Å². The van der Waals surface area contributed by atoms with Crippen molar-refractivity contribution in [3.8, 4) is 0 Å². The summed E-state index contributed by atoms with van der Waals surface area (Å²) in [5.41, 5.74) is -1.41. The van der Waals surface area contributed by atoms with E-state index in [1.54, 1.807) is 0 Å². The maximum atomic E-state index is 11.5. The molecule has 0 saturated carbocycles. The van der Waals surface area contributed by atoms with Gasteiger partial charge in [0.15, 0.2) is 0 Å². The molecular formula is C9H15NO4. The van der Waals surface area contributed by atoms with E-state index in [1.807, 2.05) is 0 Å². The molecule has 1 rings (SSSR count). The van der Waals surface area contributed by atoms with Crippen LogP contribution in [0.15, 0.2) is 0 Å². The van der Waals surface area contributed by atoms with E-state index in [0.717, 1.165) is 0 Å². The zero-order valence-corrected chi connectivity index (χ0v) is 8.36. The molecular weight excluding hydrogens is 186 g/mol. The van der Waals surface area contributed by atoms with Gasteiger partial charge in [0.1, 0.15) is 5.60 Å². The Labute approximate surface area is 82.3 Å². The van der Waals surface area contributed by atoms with E-state index in [2.05, 4.69) is 0 Å². The number of likely N-dealkylation sites (tertiary alicyclic amines) is 1. The van der Waals surface area contributed by atoms with E-state index in [0.29, 0.717) is 13.0 Å². The van der Waals surface area contributed by atoms with Gasteiger partial charge in [-0.25, -0.2) is 0 Å². The Morgan fingerprint density at radius 3 is 2.36 bits per heavy atom. The second-order valence-corrected chi connectivity index (χ2v) is 4.13. The summed E-state index contributed by atoms with van der Waals surface area (Å²) in [5, 5.41) is 18.1. The number of rotatable bonds is 2. The second-order valence-electron chi connectivity index (χ2n) is 4.13. The number of carboxylic acids is 1. The zero-order valence-electron chi connectivity index (χ0n) is 8.36. The molecule has 80 valence electrons. The fourth-order valence-corrected chi connectivity index (χ4v) is 1.53. The zero-order chi connectivity index (χ0) is 10.9. The van der Waals surface area contributed by atoms with Crippen LogP contribution in [0, 0.1) is 5.92 Å². The average molecular weight is 201 g/mol. The van der Waals surface area contributed by atoms with Gasteiger partial charge >= 0.3 is 5.97 Å². The van der Waals surface area contributed by atoms with Gasteiger partial charge in [-0.2, -0.15) is 0 Å². The number of hydrogen-bond donors (Lipinski definition) is 2. The van der Waals surface area contributed by atoms with Crippen LogP contribution in [0.4, 0.5) is 0 Å². The number of aliphatic carboxylic acids is 1. The van der Waals surface area contributed by atoms with Crippen molar-refractivity contribution in [3.05, 3.63) is 0 Å². The summed E-state index contributed by atoms with van der Waals surface area (Å²) in [5.74, 6) is -1.77. The van der Waals surface area contributed by atoms with Crippen molar-refractivity contribution in [1.82, 2.24) is 4.90 Å². The summed E-state index contributed by atoms with van der Waals surface area (Å²) >= 11 is 0. The first kappa shape index (κ1) is 11.0. The van der Waals surface area contributed by atoms with Gasteiger partial charge in [-0.05, 0) is 20.3 Å². The Bertz CT molecular complexity index is 256. The van der Waals surface area contributed by atoms with Crippen LogP contribution in [0.2, 0.25) is 0 Å². The highest BCUT2D eigenvalue weighted by atomic mass is 16.4. The minimum Gasteiger partial charge on any atom is -0.481 e. The molecule has 1 aliphatic rings. The van der Waals surface area contributed by atoms with Crippen LogP contribution in [-0.2, 0) is 9.59 Å². The van der Waals surface area contributed by atoms with Crippen LogP contribution >= 0.6 is 0 Å². The maximum absolute atomic E-state index is 11.5. The van der Waals surface area contributed by atoms with Crippen LogP contribution in [0.1, 0.15) is 20.3 Å². The van der Waals surface area contributed by atoms with E-state index in [1.165, 1.54) is 18.7 Å². The van der Waals surface area contributed by atoms with Gasteiger partial charge in [0.05, 0.1) is 5.92 Å². The lowest BCUT2D eigenvalue weighted by atomic mass is 10.1. The summed E-state index contributed by atoms with van der Waals surface area (Å²) in [4.78, 5) is 23.5. The van der Waals surface area contributed by atoms with Crippen molar-refractivity contribution < 1.29 is 19.8 Å². The maximum Gasteiger partial charge on any atom is 0.308 e. The third kappa shape index (κ3) is 2.23. The molecule has 0 aromatic rings. The lowest BCUT2D eigenvalue weighted by Crippen LogP contribution is -2.44. The number of hydrogen-bond acceptors (Lipinski definition) is 3. The molecule has 0 bridgehead atoms. The van der Waals surface area contributed by atoms with Crippen LogP contribution in [0.3, 0.4) is 0 Å². The minimum absolute atomic E-state index is 0.207. The SMILES string of the molecule is CC(C)(O)C(=O)N1CCC(C(=O)O)C1. The standard InChI is InChI=1S/C9H15NO4/c1-9(2,14)8(13)10-4-3-6(5-10)7(11)12/h6,14H,3-5H2,1-2H3,(H,11,12). The fourth-order valence-electron chi connectivity index (χ4n) is 1.53. The van der Waals surface area contributed by atoms with E-state index >= 15 is 0 Å². The molecule has 14 heavy (non-hydrogen) atoms. The molecule has 1 heterocycles. The predicted molar refractivity (Wildman–Crippen MR) is 48.6 cm³/mol. The van der Waals surface area contributed by atoms with Gasteiger partial charge in [-0.1, -0.05) is 0 Å². The third-order valence-corrected chi connectivity index (χ3v) is 2.35. The molecule has 5 nitrogen and oxygen atoms in total. The fraction of sp³-hybridized carbons (Fsp3) is 0.778. The predicted octanol–water partition coefficient (Wildman–Crippen LogP) is -0.310. The molecule has 1 saturated heterocycles. The van der Waals surface area contributed by atoms with Gasteiger partial charge in [-0.15, -0.1) is 0 Å². The van der Waals surface area contributed by atoms with Gasteiger partial charge in [-0.3, -0.25) is 9.59 Å². The van der Waals surface area contributed by atoms with Crippen LogP contribution in [-0.4, -0.2) is 45.7 Å². The van der Waals surface area contributed by atoms with E-state index in [-0.39, 0.29) is 6.54 Å². The molecule has 0 spiro atoms. The first-order valence-corrected chi connectivity index (χ1v) is 4.57. The van der Waals surface area contributed by atoms with Crippen molar-refractivity contribution in [2.45, 2.75) is 25.9 Å². The Morgan fingerprint density at radius 1 is 1.43 bits per heavy atom. The third-order valence-electron chi connectivity index (χ3n) is 2.35. The number of nitrogens with zero attached hydrogens (tertiary/aromatic N) is 1. The summed E-state index contributed by atoms with van der Waals surface area (Å²) in [6.45, 7) is 3.44. The number of carbonyl (C=O) groups excluding carboxylic acids is 1. The van der Waals surface area contributed by atoms with Gasteiger partial charge in [0, 0.05) is 13.1 Å². The molecule has 0 aromatic heterocycles. The number of carbonyl (C=O) groups is 2. The molecule has 0 aromatic carbocycles. The highest BCUT2D eigenvalue weighted by Gasteiger charge is 2.36. The molecule has 1 unspecified atom stereocenters. The molecule has 2 N–H and O–H groups in total. The summed E-state index contributed by atoms with van der Waals surface area (Å²) < 4.78 is 0. The normalized spacial score (nSPS) is 22.5. The topological polar surface area (TPSA) is 77.8 Å². The van der Waals surface area contributed by atoms with Gasteiger partial charge < -0.3 is 15.1 Å². The van der Waals surface area contributed by atoms with Gasteiger partial charge in [0.25, 0.3) is 5.91 Å². The van der Waals surface area contributed by atoms with Crippen LogP contribution in [0.5, 0.6) is 0 Å². The van der Waals surface area contributed by atoms with Crippen molar-refractivity contribution in [3.63, 3.8) is 0 Å². The highest BCUT2D eigenvalue weighted by Crippen LogP contribution is 2.19. The molecule has 1 atom stereocenters. The summed E-state index contributed by atoms with van der Waals surface area (Å²) in [6.07, 6.45) is 0.469. The average Bonchev–Trinajstić information content (AvgIpc) is 2.48. The number of amides is 1. The molecule has 0 radical (unpaired) electrons. The Morgan fingerprint density at radius 2 is 2.00 bits per heavy atom. The van der Waals surface area contributed by atoms with Crippen molar-refractivity contribution >= 4 is 11.9 Å². The molecule has 1 aliphatic heterocycles. The molecule has 1 fully saturated rings. The minimum atomic E-state index is -1.41. The molecule has 1 amide bonds. The first-order chi connectivity index (χ1) is 6.32. The van der Waals surface area contributed by atoms with Crippen molar-refractivity contribution in [1.29, 1.82) is 0 Å². The van der Waals surface area contributed by atoms with E-state index in [9.17, 15) is 14.7 Å². The quantitative estimate of drug-likeness (QED) is 0.642. The van der Waals surface area contributed by atoms with Crippen molar-refractivity contribution in [2.75, 3.05) is 13.1 Å². The number of carboxylic acid groups (broad SMARTS) is 1. The highest BCUT2D eigenvalue weighted by molar-refractivity contribution is 5.85. The first-order valence-electron chi connectivity index (χ1n) is 4.57. The Balaban J connectivity index is 2.59. The molecule has 5 heteroatoms. The number of aliphatic hydroxyl groups is 1. The lowest BCUT2D eigenvalue weighted by molar-refractivity contribution is -0.147. The molecule has 0 aliphatic carbocycles. The van der Waals surface area contributed by atoms with Crippen LogP contribution in [0.25, 0.3) is 0 Å². The largest absolute Gasteiger partial charge is 0.481 e. The smallest absolute Gasteiger partial charge is 0.308 e. The van der Waals surface area contributed by atoms with E-state index in [4.69, 9.17) is 5.11 Å².